The first-order valence-corrected chi connectivity index (χ1v) is 4.96. The average molecular weight is 187 g/mol. The van der Waals surface area contributed by atoms with Crippen LogP contribution >= 0.6 is 0 Å². The van der Waals surface area contributed by atoms with E-state index in [-0.39, 0.29) is 11.6 Å². The molecule has 78 valence electrons. The fourth-order valence-electron chi connectivity index (χ4n) is 1.78. The Morgan fingerprint density at radius 2 is 1.92 bits per heavy atom. The van der Waals surface area contributed by atoms with Crippen LogP contribution in [0.4, 0.5) is 0 Å². The van der Waals surface area contributed by atoms with Gasteiger partial charge >= 0.3 is 0 Å². The van der Waals surface area contributed by atoms with Gasteiger partial charge in [-0.2, -0.15) is 0 Å². The fourth-order valence-corrected chi connectivity index (χ4v) is 1.78. The van der Waals surface area contributed by atoms with Crippen LogP contribution in [0.3, 0.4) is 0 Å². The summed E-state index contributed by atoms with van der Waals surface area (Å²) < 4.78 is 10.7. The largest absolute Gasteiger partial charge is 0.381 e. The summed E-state index contributed by atoms with van der Waals surface area (Å²) in [7, 11) is 1.72. The van der Waals surface area contributed by atoms with Gasteiger partial charge in [-0.3, -0.25) is 0 Å². The Labute approximate surface area is 80.6 Å². The van der Waals surface area contributed by atoms with Crippen LogP contribution in [0.1, 0.15) is 26.7 Å². The molecule has 1 atom stereocenters. The molecule has 1 aliphatic rings. The minimum Gasteiger partial charge on any atom is -0.381 e. The van der Waals surface area contributed by atoms with E-state index in [1.54, 1.807) is 7.11 Å². The van der Waals surface area contributed by atoms with Crippen LogP contribution in [0, 0.1) is 5.92 Å². The molecule has 0 radical (unpaired) electrons. The van der Waals surface area contributed by atoms with E-state index in [9.17, 15) is 0 Å². The van der Waals surface area contributed by atoms with Crippen molar-refractivity contribution in [1.82, 2.24) is 0 Å². The van der Waals surface area contributed by atoms with Crippen LogP contribution in [0.5, 0.6) is 0 Å². The van der Waals surface area contributed by atoms with Gasteiger partial charge in [-0.05, 0) is 32.6 Å². The maximum absolute atomic E-state index is 6.16. The second-order valence-corrected chi connectivity index (χ2v) is 4.28. The second kappa shape index (κ2) is 4.40. The van der Waals surface area contributed by atoms with Gasteiger partial charge in [0.1, 0.15) is 0 Å². The lowest BCUT2D eigenvalue weighted by molar-refractivity contribution is -0.0363. The summed E-state index contributed by atoms with van der Waals surface area (Å²) in [6.45, 7) is 5.79. The van der Waals surface area contributed by atoms with Crippen molar-refractivity contribution in [2.75, 3.05) is 20.3 Å². The number of hydrogen-bond donors (Lipinski definition) is 1. The second-order valence-electron chi connectivity index (χ2n) is 4.28. The van der Waals surface area contributed by atoms with E-state index >= 15 is 0 Å². The molecule has 0 saturated carbocycles. The third kappa shape index (κ3) is 2.66. The Hall–Kier alpha value is -0.120. The number of methoxy groups -OCH3 is 1. The molecule has 13 heavy (non-hydrogen) atoms. The molecule has 0 spiro atoms. The predicted octanol–water partition coefficient (Wildman–Crippen LogP) is 1.17. The minimum atomic E-state index is -0.220. The molecular formula is C10H21NO2. The topological polar surface area (TPSA) is 44.5 Å². The van der Waals surface area contributed by atoms with Gasteiger partial charge < -0.3 is 15.2 Å². The molecular weight excluding hydrogens is 166 g/mol. The molecule has 1 rings (SSSR count). The SMILES string of the molecule is COC(C)(C)C(N)C1CCOCC1. The van der Waals surface area contributed by atoms with E-state index < -0.39 is 0 Å². The van der Waals surface area contributed by atoms with Gasteiger partial charge in [0.25, 0.3) is 0 Å². The van der Waals surface area contributed by atoms with Crippen LogP contribution in [-0.2, 0) is 9.47 Å². The van der Waals surface area contributed by atoms with Crippen molar-refractivity contribution >= 4 is 0 Å². The van der Waals surface area contributed by atoms with Crippen LogP contribution in [0.2, 0.25) is 0 Å². The molecule has 0 aromatic heterocycles. The maximum atomic E-state index is 6.16. The van der Waals surface area contributed by atoms with Crippen LogP contribution in [0.25, 0.3) is 0 Å². The summed E-state index contributed by atoms with van der Waals surface area (Å²) in [4.78, 5) is 0. The zero-order valence-electron chi connectivity index (χ0n) is 8.88. The molecule has 0 amide bonds. The van der Waals surface area contributed by atoms with Crippen molar-refractivity contribution in [3.05, 3.63) is 0 Å². The molecule has 3 heteroatoms. The molecule has 1 fully saturated rings. The Kier molecular flexibility index (Phi) is 3.71. The van der Waals surface area contributed by atoms with Crippen molar-refractivity contribution in [1.29, 1.82) is 0 Å². The van der Waals surface area contributed by atoms with Crippen molar-refractivity contribution in [3.8, 4) is 0 Å². The van der Waals surface area contributed by atoms with Crippen molar-refractivity contribution < 1.29 is 9.47 Å². The highest BCUT2D eigenvalue weighted by Crippen LogP contribution is 2.26. The predicted molar refractivity (Wildman–Crippen MR) is 52.6 cm³/mol. The summed E-state index contributed by atoms with van der Waals surface area (Å²) in [5.41, 5.74) is 5.94. The minimum absolute atomic E-state index is 0.112. The zero-order valence-corrected chi connectivity index (χ0v) is 8.88. The molecule has 1 aliphatic heterocycles. The zero-order chi connectivity index (χ0) is 9.90. The summed E-state index contributed by atoms with van der Waals surface area (Å²) >= 11 is 0. The van der Waals surface area contributed by atoms with E-state index in [0.717, 1.165) is 26.1 Å². The van der Waals surface area contributed by atoms with Gasteiger partial charge in [0.2, 0.25) is 0 Å². The first kappa shape index (κ1) is 11.0. The summed E-state index contributed by atoms with van der Waals surface area (Å²) in [6.07, 6.45) is 2.13. The average Bonchev–Trinajstić information content (AvgIpc) is 2.18. The van der Waals surface area contributed by atoms with Gasteiger partial charge in [-0.1, -0.05) is 0 Å². The van der Waals surface area contributed by atoms with Gasteiger partial charge in [-0.15, -0.1) is 0 Å². The van der Waals surface area contributed by atoms with Crippen LogP contribution in [0.15, 0.2) is 0 Å². The number of rotatable bonds is 3. The molecule has 1 heterocycles. The normalized spacial score (nSPS) is 23.1. The first-order chi connectivity index (χ1) is 6.08. The summed E-state index contributed by atoms with van der Waals surface area (Å²) in [5.74, 6) is 0.545. The lowest BCUT2D eigenvalue weighted by Crippen LogP contribution is -2.50. The molecule has 0 aliphatic carbocycles. The maximum Gasteiger partial charge on any atom is 0.0775 e. The van der Waals surface area contributed by atoms with Gasteiger partial charge in [-0.25, -0.2) is 0 Å². The van der Waals surface area contributed by atoms with Crippen LogP contribution in [-0.4, -0.2) is 32.0 Å². The highest BCUT2D eigenvalue weighted by molar-refractivity contribution is 4.88. The van der Waals surface area contributed by atoms with Gasteiger partial charge in [0.05, 0.1) is 5.60 Å². The van der Waals surface area contributed by atoms with E-state index in [0.29, 0.717) is 5.92 Å². The van der Waals surface area contributed by atoms with Crippen molar-refractivity contribution in [2.24, 2.45) is 11.7 Å². The molecule has 1 saturated heterocycles. The Morgan fingerprint density at radius 3 is 2.38 bits per heavy atom. The van der Waals surface area contributed by atoms with E-state index in [4.69, 9.17) is 15.2 Å². The quantitative estimate of drug-likeness (QED) is 0.721. The third-order valence-corrected chi connectivity index (χ3v) is 3.10. The number of nitrogens with two attached hydrogens (primary N) is 1. The third-order valence-electron chi connectivity index (χ3n) is 3.10. The highest BCUT2D eigenvalue weighted by atomic mass is 16.5. The molecule has 0 aromatic carbocycles. The number of ether oxygens (including phenoxy) is 2. The first-order valence-electron chi connectivity index (χ1n) is 4.96. The molecule has 0 bridgehead atoms. The summed E-state index contributed by atoms with van der Waals surface area (Å²) in [6, 6.07) is 0.112. The lowest BCUT2D eigenvalue weighted by atomic mass is 9.83. The molecule has 2 N–H and O–H groups in total. The molecule has 0 aromatic rings. The van der Waals surface area contributed by atoms with Crippen LogP contribution < -0.4 is 5.73 Å². The Bertz CT molecular complexity index is 153. The van der Waals surface area contributed by atoms with Gasteiger partial charge in [0, 0.05) is 26.4 Å². The molecule has 1 unspecified atom stereocenters. The van der Waals surface area contributed by atoms with E-state index in [2.05, 4.69) is 0 Å². The highest BCUT2D eigenvalue weighted by Gasteiger charge is 2.33. The van der Waals surface area contributed by atoms with E-state index in [1.165, 1.54) is 0 Å². The van der Waals surface area contributed by atoms with Crippen molar-refractivity contribution in [2.45, 2.75) is 38.3 Å². The molecule has 3 nitrogen and oxygen atoms in total. The smallest absolute Gasteiger partial charge is 0.0775 e. The summed E-state index contributed by atoms with van der Waals surface area (Å²) in [5, 5.41) is 0. The lowest BCUT2D eigenvalue weighted by Gasteiger charge is -2.37. The fraction of sp³-hybridized carbons (Fsp3) is 1.00. The van der Waals surface area contributed by atoms with Gasteiger partial charge in [0.15, 0.2) is 0 Å². The van der Waals surface area contributed by atoms with Crippen molar-refractivity contribution in [3.63, 3.8) is 0 Å². The standard InChI is InChI=1S/C10H21NO2/c1-10(2,12-3)9(11)8-4-6-13-7-5-8/h8-9H,4-7,11H2,1-3H3. The van der Waals surface area contributed by atoms with E-state index in [1.807, 2.05) is 13.8 Å². The Morgan fingerprint density at radius 1 is 1.38 bits per heavy atom. The monoisotopic (exact) mass is 187 g/mol. The Balaban J connectivity index is 2.49. The number of hydrogen-bond acceptors (Lipinski definition) is 3.